The molecule has 0 aromatic heterocycles. The zero-order valence-corrected chi connectivity index (χ0v) is 10.8. The summed E-state index contributed by atoms with van der Waals surface area (Å²) in [7, 11) is 1.86. The molecule has 0 aliphatic carbocycles. The van der Waals surface area contributed by atoms with E-state index in [1.54, 1.807) is 4.90 Å². The van der Waals surface area contributed by atoms with Gasteiger partial charge in [-0.15, -0.1) is 0 Å². The first-order valence-electron chi connectivity index (χ1n) is 5.76. The smallest absolute Gasteiger partial charge is 0.222 e. The third-order valence-electron chi connectivity index (χ3n) is 2.86. The minimum atomic E-state index is 0.0138. The van der Waals surface area contributed by atoms with Crippen molar-refractivity contribution in [1.82, 2.24) is 4.90 Å². The van der Waals surface area contributed by atoms with Crippen LogP contribution in [0.2, 0.25) is 0 Å². The lowest BCUT2D eigenvalue weighted by molar-refractivity contribution is -0.132. The van der Waals surface area contributed by atoms with E-state index in [1.807, 2.05) is 7.05 Å². The average Bonchev–Trinajstić information content (AvgIpc) is 2.16. The van der Waals surface area contributed by atoms with E-state index >= 15 is 0 Å². The molecule has 0 radical (unpaired) electrons. The molecule has 3 heteroatoms. The van der Waals surface area contributed by atoms with Gasteiger partial charge >= 0.3 is 0 Å². The summed E-state index contributed by atoms with van der Waals surface area (Å²) in [4.78, 5) is 13.6. The summed E-state index contributed by atoms with van der Waals surface area (Å²) >= 11 is 0. The van der Waals surface area contributed by atoms with Crippen molar-refractivity contribution < 1.29 is 4.79 Å². The lowest BCUT2D eigenvalue weighted by Crippen LogP contribution is -2.40. The fourth-order valence-electron chi connectivity index (χ4n) is 1.39. The predicted octanol–water partition coefficient (Wildman–Crippen LogP) is 1.87. The lowest BCUT2D eigenvalue weighted by Gasteiger charge is -2.29. The molecule has 0 aromatic rings. The van der Waals surface area contributed by atoms with Gasteiger partial charge in [0.05, 0.1) is 0 Å². The molecule has 0 aliphatic heterocycles. The second-order valence-electron chi connectivity index (χ2n) is 5.34. The van der Waals surface area contributed by atoms with Crippen LogP contribution in [-0.4, -0.2) is 30.9 Å². The van der Waals surface area contributed by atoms with Crippen molar-refractivity contribution >= 4 is 5.91 Å². The fourth-order valence-corrected chi connectivity index (χ4v) is 1.39. The Balaban J connectivity index is 4.10. The molecule has 0 aliphatic rings. The van der Waals surface area contributed by atoms with Crippen LogP contribution in [0.5, 0.6) is 0 Å². The fraction of sp³-hybridized carbons (Fsp3) is 0.917. The quantitative estimate of drug-likeness (QED) is 0.733. The topological polar surface area (TPSA) is 46.3 Å². The van der Waals surface area contributed by atoms with E-state index in [1.165, 1.54) is 0 Å². The Kier molecular flexibility index (Phi) is 5.88. The third-order valence-corrected chi connectivity index (χ3v) is 2.86. The minimum absolute atomic E-state index is 0.0138. The van der Waals surface area contributed by atoms with Crippen molar-refractivity contribution in [2.75, 3.05) is 20.1 Å². The number of rotatable bonds is 6. The van der Waals surface area contributed by atoms with Crippen molar-refractivity contribution in [3.05, 3.63) is 0 Å². The molecule has 90 valence electrons. The van der Waals surface area contributed by atoms with Crippen LogP contribution in [0.3, 0.4) is 0 Å². The molecule has 0 bridgehead atoms. The van der Waals surface area contributed by atoms with Crippen LogP contribution in [0.1, 0.15) is 40.5 Å². The molecule has 0 saturated heterocycles. The summed E-state index contributed by atoms with van der Waals surface area (Å²) in [5, 5.41) is 0. The molecular weight excluding hydrogens is 188 g/mol. The molecule has 15 heavy (non-hydrogen) atoms. The van der Waals surface area contributed by atoms with E-state index in [4.69, 9.17) is 5.73 Å². The second-order valence-corrected chi connectivity index (χ2v) is 5.34. The summed E-state index contributed by atoms with van der Waals surface area (Å²) in [6, 6.07) is 0. The molecule has 1 atom stereocenters. The maximum absolute atomic E-state index is 11.8. The van der Waals surface area contributed by atoms with Crippen molar-refractivity contribution in [3.8, 4) is 0 Å². The molecule has 0 fully saturated rings. The number of carbonyl (C=O) groups excluding carboxylic acids is 1. The Morgan fingerprint density at radius 2 is 2.00 bits per heavy atom. The van der Waals surface area contributed by atoms with Gasteiger partial charge in [0, 0.05) is 20.0 Å². The summed E-state index contributed by atoms with van der Waals surface area (Å²) in [6.07, 6.45) is 1.70. The first kappa shape index (κ1) is 14.4. The van der Waals surface area contributed by atoms with Gasteiger partial charge in [-0.2, -0.15) is 0 Å². The van der Waals surface area contributed by atoms with Gasteiger partial charge in [0.2, 0.25) is 5.91 Å². The van der Waals surface area contributed by atoms with E-state index < -0.39 is 0 Å². The van der Waals surface area contributed by atoms with Crippen LogP contribution in [0.4, 0.5) is 0 Å². The van der Waals surface area contributed by atoms with Crippen molar-refractivity contribution in [3.63, 3.8) is 0 Å². The highest BCUT2D eigenvalue weighted by Gasteiger charge is 2.21. The van der Waals surface area contributed by atoms with Gasteiger partial charge in [-0.1, -0.05) is 34.1 Å². The van der Waals surface area contributed by atoms with Gasteiger partial charge in [0.25, 0.3) is 0 Å². The molecule has 2 N–H and O–H groups in total. The number of hydrogen-bond acceptors (Lipinski definition) is 2. The second kappa shape index (κ2) is 6.11. The highest BCUT2D eigenvalue weighted by atomic mass is 16.2. The summed E-state index contributed by atoms with van der Waals surface area (Å²) < 4.78 is 0. The van der Waals surface area contributed by atoms with Crippen LogP contribution in [0.15, 0.2) is 0 Å². The molecule has 3 nitrogen and oxygen atoms in total. The van der Waals surface area contributed by atoms with Gasteiger partial charge in [-0.3, -0.25) is 4.79 Å². The maximum Gasteiger partial charge on any atom is 0.222 e. The average molecular weight is 214 g/mol. The third kappa shape index (κ3) is 5.78. The Bertz CT molecular complexity index is 202. The van der Waals surface area contributed by atoms with E-state index in [9.17, 15) is 4.79 Å². The zero-order valence-electron chi connectivity index (χ0n) is 10.8. The number of nitrogens with zero attached hydrogens (tertiary/aromatic N) is 1. The van der Waals surface area contributed by atoms with Crippen molar-refractivity contribution in [1.29, 1.82) is 0 Å². The van der Waals surface area contributed by atoms with Crippen molar-refractivity contribution in [2.24, 2.45) is 17.1 Å². The van der Waals surface area contributed by atoms with Crippen LogP contribution >= 0.6 is 0 Å². The van der Waals surface area contributed by atoms with E-state index in [-0.39, 0.29) is 11.3 Å². The summed E-state index contributed by atoms with van der Waals surface area (Å²) in [5.74, 6) is 0.701. The predicted molar refractivity (Wildman–Crippen MR) is 64.5 cm³/mol. The van der Waals surface area contributed by atoms with Crippen molar-refractivity contribution in [2.45, 2.75) is 40.5 Å². The summed E-state index contributed by atoms with van der Waals surface area (Å²) in [6.45, 7) is 9.73. The number of hydrogen-bond donors (Lipinski definition) is 1. The molecule has 0 heterocycles. The normalized spacial score (nSPS) is 13.7. The number of nitrogens with two attached hydrogens (primary N) is 1. The van der Waals surface area contributed by atoms with Crippen LogP contribution in [-0.2, 0) is 4.79 Å². The number of carbonyl (C=O) groups is 1. The highest BCUT2D eigenvalue weighted by Crippen LogP contribution is 2.16. The van der Waals surface area contributed by atoms with Gasteiger partial charge in [-0.05, 0) is 17.9 Å². The van der Waals surface area contributed by atoms with Crippen LogP contribution < -0.4 is 5.73 Å². The Morgan fingerprint density at radius 1 is 1.47 bits per heavy atom. The maximum atomic E-state index is 11.8. The Morgan fingerprint density at radius 3 is 2.40 bits per heavy atom. The standard InChI is InChI=1S/C12H26N2O/c1-6-10(2)7-11(15)14(5)9-12(3,4)8-13/h10H,6-9,13H2,1-5H3. The molecular formula is C12H26N2O. The Hall–Kier alpha value is -0.570. The van der Waals surface area contributed by atoms with E-state index in [0.717, 1.165) is 13.0 Å². The lowest BCUT2D eigenvalue weighted by atomic mass is 9.93. The van der Waals surface area contributed by atoms with Gasteiger partial charge in [0.15, 0.2) is 0 Å². The zero-order chi connectivity index (χ0) is 12.1. The highest BCUT2D eigenvalue weighted by molar-refractivity contribution is 5.76. The van der Waals surface area contributed by atoms with Gasteiger partial charge in [0.1, 0.15) is 0 Å². The molecule has 0 aromatic carbocycles. The largest absolute Gasteiger partial charge is 0.345 e. The van der Waals surface area contributed by atoms with Crippen LogP contribution in [0, 0.1) is 11.3 Å². The molecule has 0 spiro atoms. The Labute approximate surface area is 94.0 Å². The monoisotopic (exact) mass is 214 g/mol. The minimum Gasteiger partial charge on any atom is -0.345 e. The molecule has 1 amide bonds. The molecule has 0 rings (SSSR count). The van der Waals surface area contributed by atoms with Crippen LogP contribution in [0.25, 0.3) is 0 Å². The van der Waals surface area contributed by atoms with E-state index in [0.29, 0.717) is 18.9 Å². The molecule has 0 saturated carbocycles. The van der Waals surface area contributed by atoms with Gasteiger partial charge in [-0.25, -0.2) is 0 Å². The first-order chi connectivity index (χ1) is 6.82. The number of amides is 1. The SMILES string of the molecule is CCC(C)CC(=O)N(C)CC(C)(C)CN. The van der Waals surface area contributed by atoms with E-state index in [2.05, 4.69) is 27.7 Å². The summed E-state index contributed by atoms with van der Waals surface area (Å²) in [5.41, 5.74) is 5.66. The first-order valence-corrected chi connectivity index (χ1v) is 5.76. The van der Waals surface area contributed by atoms with Gasteiger partial charge < -0.3 is 10.6 Å². The molecule has 1 unspecified atom stereocenters.